The Balaban J connectivity index is 2.20. The van der Waals surface area contributed by atoms with Crippen LogP contribution >= 0.6 is 0 Å². The van der Waals surface area contributed by atoms with Crippen molar-refractivity contribution in [2.75, 3.05) is 6.54 Å². The highest BCUT2D eigenvalue weighted by atomic mass is 16.5. The van der Waals surface area contributed by atoms with E-state index in [0.29, 0.717) is 18.3 Å². The molecule has 0 saturated heterocycles. The SMILES string of the molecule is CCc1[nH]nc2c1C(c1ccccc1)C(CN)=C(N)O2. The van der Waals surface area contributed by atoms with E-state index in [-0.39, 0.29) is 5.92 Å². The van der Waals surface area contributed by atoms with Gasteiger partial charge in [-0.15, -0.1) is 5.10 Å². The molecule has 0 spiro atoms. The van der Waals surface area contributed by atoms with Crippen LogP contribution < -0.4 is 16.2 Å². The van der Waals surface area contributed by atoms with Gasteiger partial charge in [0.05, 0.1) is 0 Å². The van der Waals surface area contributed by atoms with Crippen LogP contribution in [0.5, 0.6) is 5.88 Å². The Morgan fingerprint density at radius 1 is 1.30 bits per heavy atom. The summed E-state index contributed by atoms with van der Waals surface area (Å²) in [6, 6.07) is 10.2. The Morgan fingerprint density at radius 3 is 2.70 bits per heavy atom. The number of nitrogens with zero attached hydrogens (tertiary/aromatic N) is 1. The minimum absolute atomic E-state index is 0.0126. The smallest absolute Gasteiger partial charge is 0.244 e. The molecular formula is C15H18N4O. The van der Waals surface area contributed by atoms with Crippen molar-refractivity contribution in [2.45, 2.75) is 19.3 Å². The fourth-order valence-corrected chi connectivity index (χ4v) is 2.73. The van der Waals surface area contributed by atoms with E-state index in [0.717, 1.165) is 28.8 Å². The largest absolute Gasteiger partial charge is 0.421 e. The summed E-state index contributed by atoms with van der Waals surface area (Å²) in [4.78, 5) is 0. The maximum atomic E-state index is 6.01. The van der Waals surface area contributed by atoms with Gasteiger partial charge in [-0.1, -0.05) is 37.3 Å². The van der Waals surface area contributed by atoms with Gasteiger partial charge in [0.1, 0.15) is 0 Å². The molecule has 1 aromatic carbocycles. The number of nitrogens with two attached hydrogens (primary N) is 2. The van der Waals surface area contributed by atoms with Crippen molar-refractivity contribution < 1.29 is 4.74 Å². The molecule has 1 aliphatic rings. The van der Waals surface area contributed by atoms with Crippen molar-refractivity contribution in [3.63, 3.8) is 0 Å². The highest BCUT2D eigenvalue weighted by Gasteiger charge is 2.33. The number of hydrogen-bond donors (Lipinski definition) is 3. The van der Waals surface area contributed by atoms with Crippen molar-refractivity contribution in [1.29, 1.82) is 0 Å². The molecule has 0 saturated carbocycles. The van der Waals surface area contributed by atoms with E-state index in [1.807, 2.05) is 18.2 Å². The van der Waals surface area contributed by atoms with Gasteiger partial charge in [-0.05, 0) is 12.0 Å². The average Bonchev–Trinajstić information content (AvgIpc) is 2.89. The molecule has 1 aliphatic heterocycles. The zero-order valence-corrected chi connectivity index (χ0v) is 11.4. The zero-order valence-electron chi connectivity index (χ0n) is 11.4. The molecule has 0 aliphatic carbocycles. The van der Waals surface area contributed by atoms with Crippen LogP contribution in [0.1, 0.15) is 29.7 Å². The van der Waals surface area contributed by atoms with E-state index in [9.17, 15) is 0 Å². The Kier molecular flexibility index (Phi) is 3.20. The number of nitrogens with one attached hydrogen (secondary N) is 1. The number of H-pyrrole nitrogens is 1. The third-order valence-corrected chi connectivity index (χ3v) is 3.71. The number of ether oxygens (including phenoxy) is 1. The first-order chi connectivity index (χ1) is 9.76. The van der Waals surface area contributed by atoms with Gasteiger partial charge in [0, 0.05) is 29.3 Å². The molecule has 0 amide bonds. The standard InChI is InChI=1S/C15H18N4O/c1-2-11-13-12(9-6-4-3-5-7-9)10(8-16)14(17)20-15(13)19-18-11/h3-7,12H,2,8,16-17H2,1H3,(H,18,19). The maximum absolute atomic E-state index is 6.01. The van der Waals surface area contributed by atoms with Gasteiger partial charge in [-0.25, -0.2) is 0 Å². The van der Waals surface area contributed by atoms with Crippen LogP contribution in [0, 0.1) is 0 Å². The zero-order chi connectivity index (χ0) is 14.1. The van der Waals surface area contributed by atoms with Crippen LogP contribution in [-0.2, 0) is 6.42 Å². The summed E-state index contributed by atoms with van der Waals surface area (Å²) in [5.41, 5.74) is 16.1. The molecule has 0 bridgehead atoms. The average molecular weight is 270 g/mol. The monoisotopic (exact) mass is 270 g/mol. The van der Waals surface area contributed by atoms with Crippen molar-refractivity contribution in [3.05, 3.63) is 58.6 Å². The second kappa shape index (κ2) is 5.02. The molecule has 20 heavy (non-hydrogen) atoms. The summed E-state index contributed by atoms with van der Waals surface area (Å²) in [6.07, 6.45) is 0.854. The number of aromatic amines is 1. The lowest BCUT2D eigenvalue weighted by atomic mass is 9.83. The van der Waals surface area contributed by atoms with Crippen LogP contribution in [0.25, 0.3) is 0 Å². The quantitative estimate of drug-likeness (QED) is 0.790. The molecule has 5 nitrogen and oxygen atoms in total. The van der Waals surface area contributed by atoms with E-state index in [1.54, 1.807) is 0 Å². The number of benzene rings is 1. The first kappa shape index (κ1) is 12.7. The van der Waals surface area contributed by atoms with Crippen molar-refractivity contribution >= 4 is 0 Å². The summed E-state index contributed by atoms with van der Waals surface area (Å²) >= 11 is 0. The molecule has 1 aromatic heterocycles. The first-order valence-corrected chi connectivity index (χ1v) is 6.74. The van der Waals surface area contributed by atoms with Gasteiger partial charge in [0.25, 0.3) is 0 Å². The molecular weight excluding hydrogens is 252 g/mol. The minimum atomic E-state index is 0.0126. The fourth-order valence-electron chi connectivity index (χ4n) is 2.73. The van der Waals surface area contributed by atoms with Crippen LogP contribution in [0.4, 0.5) is 0 Å². The van der Waals surface area contributed by atoms with Gasteiger partial charge in [-0.2, -0.15) is 0 Å². The van der Waals surface area contributed by atoms with Crippen molar-refractivity contribution in [1.82, 2.24) is 10.2 Å². The third kappa shape index (κ3) is 1.87. The summed E-state index contributed by atoms with van der Waals surface area (Å²) in [5, 5.41) is 7.25. The minimum Gasteiger partial charge on any atom is -0.421 e. The number of hydrogen-bond acceptors (Lipinski definition) is 4. The second-order valence-electron chi connectivity index (χ2n) is 4.81. The predicted molar refractivity (Wildman–Crippen MR) is 77.1 cm³/mol. The first-order valence-electron chi connectivity index (χ1n) is 6.74. The van der Waals surface area contributed by atoms with Crippen LogP contribution in [0.3, 0.4) is 0 Å². The van der Waals surface area contributed by atoms with Crippen molar-refractivity contribution in [3.8, 4) is 5.88 Å². The molecule has 3 rings (SSSR count). The molecule has 0 fully saturated rings. The van der Waals surface area contributed by atoms with E-state index >= 15 is 0 Å². The lowest BCUT2D eigenvalue weighted by Gasteiger charge is -2.26. The normalized spacial score (nSPS) is 17.8. The highest BCUT2D eigenvalue weighted by molar-refractivity contribution is 5.51. The van der Waals surface area contributed by atoms with Crippen LogP contribution in [0.2, 0.25) is 0 Å². The third-order valence-electron chi connectivity index (χ3n) is 3.71. The van der Waals surface area contributed by atoms with Crippen LogP contribution in [-0.4, -0.2) is 16.7 Å². The van der Waals surface area contributed by atoms with E-state index in [4.69, 9.17) is 16.2 Å². The van der Waals surface area contributed by atoms with Gasteiger partial charge < -0.3 is 16.2 Å². The second-order valence-corrected chi connectivity index (χ2v) is 4.81. The molecule has 5 heteroatoms. The van der Waals surface area contributed by atoms with Gasteiger partial charge >= 0.3 is 0 Å². The highest BCUT2D eigenvalue weighted by Crippen LogP contribution is 2.42. The van der Waals surface area contributed by atoms with Crippen molar-refractivity contribution in [2.24, 2.45) is 11.5 Å². The molecule has 2 aromatic rings. The van der Waals surface area contributed by atoms with E-state index in [1.165, 1.54) is 0 Å². The Hall–Kier alpha value is -2.27. The van der Waals surface area contributed by atoms with E-state index < -0.39 is 0 Å². The Bertz CT molecular complexity index is 645. The fraction of sp³-hybridized carbons (Fsp3) is 0.267. The topological polar surface area (TPSA) is 90.0 Å². The van der Waals surface area contributed by atoms with Gasteiger partial charge in [-0.3, -0.25) is 5.10 Å². The lowest BCUT2D eigenvalue weighted by molar-refractivity contribution is 0.373. The Morgan fingerprint density at radius 2 is 2.05 bits per heavy atom. The summed E-state index contributed by atoms with van der Waals surface area (Å²) in [7, 11) is 0. The summed E-state index contributed by atoms with van der Waals surface area (Å²) in [5.74, 6) is 0.937. The number of aryl methyl sites for hydroxylation is 1. The van der Waals surface area contributed by atoms with Crippen LogP contribution in [0.15, 0.2) is 41.8 Å². The Labute approximate surface area is 117 Å². The number of aromatic nitrogens is 2. The summed E-state index contributed by atoms with van der Waals surface area (Å²) in [6.45, 7) is 2.44. The molecule has 0 radical (unpaired) electrons. The molecule has 2 heterocycles. The molecule has 104 valence electrons. The van der Waals surface area contributed by atoms with Gasteiger partial charge in [0.2, 0.25) is 5.88 Å². The maximum Gasteiger partial charge on any atom is 0.244 e. The number of rotatable bonds is 3. The van der Waals surface area contributed by atoms with E-state index in [2.05, 4.69) is 29.3 Å². The lowest BCUT2D eigenvalue weighted by Crippen LogP contribution is -2.26. The molecule has 5 N–H and O–H groups in total. The molecule has 1 unspecified atom stereocenters. The van der Waals surface area contributed by atoms with Gasteiger partial charge in [0.15, 0.2) is 5.88 Å². The molecule has 1 atom stereocenters. The number of fused-ring (bicyclic) bond motifs is 1. The summed E-state index contributed by atoms with van der Waals surface area (Å²) < 4.78 is 5.60. The predicted octanol–water partition coefficient (Wildman–Crippen LogP) is 1.63.